The van der Waals surface area contributed by atoms with Crippen molar-refractivity contribution in [2.45, 2.75) is 33.1 Å². The van der Waals surface area contributed by atoms with Crippen molar-refractivity contribution in [3.8, 4) is 11.4 Å². The molecule has 0 aliphatic rings. The molecule has 3 heteroatoms. The largest absolute Gasteiger partial charge is 0.508 e. The van der Waals surface area contributed by atoms with E-state index >= 15 is 0 Å². The lowest BCUT2D eigenvalue weighted by atomic mass is 9.93. The summed E-state index contributed by atoms with van der Waals surface area (Å²) >= 11 is 0. The molecule has 1 heterocycles. The monoisotopic (exact) mass is 230 g/mol. The zero-order chi connectivity index (χ0) is 12.6. The van der Waals surface area contributed by atoms with Crippen molar-refractivity contribution in [2.24, 2.45) is 0 Å². The lowest BCUT2D eigenvalue weighted by Crippen LogP contribution is -2.12. The van der Waals surface area contributed by atoms with Crippen molar-refractivity contribution >= 4 is 0 Å². The van der Waals surface area contributed by atoms with Crippen LogP contribution in [0.4, 0.5) is 0 Å². The predicted octanol–water partition coefficient (Wildman–Crippen LogP) is 3.18. The van der Waals surface area contributed by atoms with Crippen LogP contribution in [0.1, 0.15) is 32.0 Å². The molecule has 1 N–H and O–H groups in total. The van der Waals surface area contributed by atoms with Crippen molar-refractivity contribution in [2.75, 3.05) is 0 Å². The highest BCUT2D eigenvalue weighted by molar-refractivity contribution is 5.43. The van der Waals surface area contributed by atoms with E-state index in [1.54, 1.807) is 10.7 Å². The number of rotatable bonds is 1. The third-order valence-corrected chi connectivity index (χ3v) is 2.81. The topological polar surface area (TPSA) is 38.0 Å². The Bertz CT molecular complexity index is 535. The molecule has 0 amide bonds. The maximum absolute atomic E-state index is 9.69. The van der Waals surface area contributed by atoms with Gasteiger partial charge in [-0.2, -0.15) is 5.10 Å². The third kappa shape index (κ3) is 2.33. The molecular weight excluding hydrogens is 212 g/mol. The van der Waals surface area contributed by atoms with Gasteiger partial charge in [0, 0.05) is 17.7 Å². The molecule has 0 radical (unpaired) electrons. The molecule has 0 fully saturated rings. The summed E-state index contributed by atoms with van der Waals surface area (Å²) in [6.45, 7) is 8.27. The lowest BCUT2D eigenvalue weighted by molar-refractivity contribution is 0.470. The van der Waals surface area contributed by atoms with Gasteiger partial charge in [-0.15, -0.1) is 0 Å². The van der Waals surface area contributed by atoms with Crippen LogP contribution in [0.15, 0.2) is 30.5 Å². The first-order valence-electron chi connectivity index (χ1n) is 5.74. The van der Waals surface area contributed by atoms with E-state index in [2.05, 4.69) is 25.9 Å². The van der Waals surface area contributed by atoms with Crippen LogP contribution in [0.2, 0.25) is 0 Å². The summed E-state index contributed by atoms with van der Waals surface area (Å²) in [4.78, 5) is 0. The summed E-state index contributed by atoms with van der Waals surface area (Å²) in [5.41, 5.74) is 2.83. The average Bonchev–Trinajstić information content (AvgIpc) is 2.70. The number of phenols is 1. The Morgan fingerprint density at radius 3 is 2.41 bits per heavy atom. The molecule has 3 nitrogen and oxygen atoms in total. The average molecular weight is 230 g/mol. The lowest BCUT2D eigenvalue weighted by Gasteiger charge is -2.14. The summed E-state index contributed by atoms with van der Waals surface area (Å²) in [7, 11) is 0. The Morgan fingerprint density at radius 1 is 1.18 bits per heavy atom. The molecule has 0 unspecified atom stereocenters. The molecule has 0 saturated heterocycles. The zero-order valence-electron chi connectivity index (χ0n) is 10.7. The summed E-state index contributed by atoms with van der Waals surface area (Å²) in [5.74, 6) is 0.301. The molecule has 0 bridgehead atoms. The molecule has 0 aliphatic carbocycles. The summed E-state index contributed by atoms with van der Waals surface area (Å²) < 4.78 is 1.79. The van der Waals surface area contributed by atoms with E-state index in [0.29, 0.717) is 5.75 Å². The van der Waals surface area contributed by atoms with Crippen molar-refractivity contribution in [1.82, 2.24) is 9.78 Å². The Morgan fingerprint density at radius 2 is 1.88 bits per heavy atom. The minimum atomic E-state index is 0.0397. The number of aromatic hydroxyl groups is 1. The maximum atomic E-state index is 9.69. The summed E-state index contributed by atoms with van der Waals surface area (Å²) in [5, 5.41) is 14.2. The minimum Gasteiger partial charge on any atom is -0.508 e. The van der Waals surface area contributed by atoms with Crippen LogP contribution < -0.4 is 0 Å². The molecule has 0 atom stereocenters. The van der Waals surface area contributed by atoms with Crippen LogP contribution in [0.3, 0.4) is 0 Å². The van der Waals surface area contributed by atoms with Crippen LogP contribution in [-0.4, -0.2) is 14.9 Å². The molecule has 2 aromatic rings. The highest BCUT2D eigenvalue weighted by Crippen LogP contribution is 2.23. The number of aryl methyl sites for hydroxylation is 1. The fraction of sp³-hybridized carbons (Fsp3) is 0.357. The van der Waals surface area contributed by atoms with Gasteiger partial charge >= 0.3 is 0 Å². The first kappa shape index (κ1) is 11.7. The van der Waals surface area contributed by atoms with E-state index in [4.69, 9.17) is 0 Å². The van der Waals surface area contributed by atoms with Gasteiger partial charge in [0.05, 0.1) is 11.4 Å². The van der Waals surface area contributed by atoms with Crippen molar-refractivity contribution in [1.29, 1.82) is 0 Å². The molecule has 90 valence electrons. The first-order valence-corrected chi connectivity index (χ1v) is 5.74. The highest BCUT2D eigenvalue weighted by atomic mass is 16.3. The zero-order valence-corrected chi connectivity index (χ0v) is 10.7. The van der Waals surface area contributed by atoms with E-state index in [-0.39, 0.29) is 5.41 Å². The van der Waals surface area contributed by atoms with Crippen LogP contribution in [0, 0.1) is 6.92 Å². The predicted molar refractivity (Wildman–Crippen MR) is 68.7 cm³/mol. The fourth-order valence-corrected chi connectivity index (χ4v) is 1.61. The van der Waals surface area contributed by atoms with Gasteiger partial charge in [-0.25, -0.2) is 4.68 Å². The van der Waals surface area contributed by atoms with Crippen LogP contribution in [0.5, 0.6) is 5.75 Å². The number of hydrogen-bond donors (Lipinski definition) is 1. The van der Waals surface area contributed by atoms with E-state index in [0.717, 1.165) is 16.9 Å². The number of hydrogen-bond acceptors (Lipinski definition) is 2. The standard InChI is InChI=1S/C14H18N2O/c1-10-5-6-11(9-12(10)17)16-8-7-13(15-16)14(2,3)4/h5-9,17H,1-4H3. The number of aromatic nitrogens is 2. The van der Waals surface area contributed by atoms with Crippen LogP contribution in [-0.2, 0) is 5.41 Å². The quantitative estimate of drug-likeness (QED) is 0.817. The van der Waals surface area contributed by atoms with Gasteiger partial charge in [0.1, 0.15) is 5.75 Å². The van der Waals surface area contributed by atoms with Crippen LogP contribution in [0.25, 0.3) is 5.69 Å². The fourth-order valence-electron chi connectivity index (χ4n) is 1.61. The number of nitrogens with zero attached hydrogens (tertiary/aromatic N) is 2. The molecule has 2 rings (SSSR count). The second kappa shape index (κ2) is 3.91. The van der Waals surface area contributed by atoms with Gasteiger partial charge in [-0.3, -0.25) is 0 Å². The molecule has 0 spiro atoms. The molecular formula is C14H18N2O. The van der Waals surface area contributed by atoms with Crippen molar-refractivity contribution < 1.29 is 5.11 Å². The summed E-state index contributed by atoms with van der Waals surface area (Å²) in [6, 6.07) is 7.59. The smallest absolute Gasteiger partial charge is 0.120 e. The number of phenolic OH excluding ortho intramolecular Hbond substituents is 1. The van der Waals surface area contributed by atoms with Gasteiger partial charge in [0.15, 0.2) is 0 Å². The second-order valence-corrected chi connectivity index (χ2v) is 5.37. The van der Waals surface area contributed by atoms with Crippen molar-refractivity contribution in [3.63, 3.8) is 0 Å². The van der Waals surface area contributed by atoms with Gasteiger partial charge in [-0.1, -0.05) is 26.8 Å². The van der Waals surface area contributed by atoms with Gasteiger partial charge in [0.2, 0.25) is 0 Å². The van der Waals surface area contributed by atoms with Gasteiger partial charge in [0.25, 0.3) is 0 Å². The minimum absolute atomic E-state index is 0.0397. The molecule has 1 aromatic heterocycles. The van der Waals surface area contributed by atoms with E-state index < -0.39 is 0 Å². The molecule has 1 aromatic carbocycles. The van der Waals surface area contributed by atoms with Crippen molar-refractivity contribution in [3.05, 3.63) is 41.7 Å². The number of benzene rings is 1. The SMILES string of the molecule is Cc1ccc(-n2ccc(C(C)(C)C)n2)cc1O. The van der Waals surface area contributed by atoms with E-state index in [9.17, 15) is 5.11 Å². The molecule has 0 aliphatic heterocycles. The third-order valence-electron chi connectivity index (χ3n) is 2.81. The Kier molecular flexibility index (Phi) is 2.69. The van der Waals surface area contributed by atoms with E-state index in [1.807, 2.05) is 31.3 Å². The molecule has 17 heavy (non-hydrogen) atoms. The van der Waals surface area contributed by atoms with Gasteiger partial charge < -0.3 is 5.11 Å². The second-order valence-electron chi connectivity index (χ2n) is 5.37. The Labute approximate surface area is 102 Å². The van der Waals surface area contributed by atoms with E-state index in [1.165, 1.54) is 0 Å². The Hall–Kier alpha value is -1.77. The van der Waals surface area contributed by atoms with Gasteiger partial charge in [-0.05, 0) is 24.6 Å². The van der Waals surface area contributed by atoms with Crippen LogP contribution >= 0.6 is 0 Å². The Balaban J connectivity index is 2.40. The molecule has 0 saturated carbocycles. The first-order chi connectivity index (χ1) is 7.88. The summed E-state index contributed by atoms with van der Waals surface area (Å²) in [6.07, 6.45) is 1.92. The normalized spacial score (nSPS) is 11.8. The maximum Gasteiger partial charge on any atom is 0.120 e. The highest BCUT2D eigenvalue weighted by Gasteiger charge is 2.17.